The van der Waals surface area contributed by atoms with Gasteiger partial charge in [-0.1, -0.05) is 18.2 Å². The van der Waals surface area contributed by atoms with Crippen LogP contribution in [0.1, 0.15) is 46.4 Å². The van der Waals surface area contributed by atoms with Crippen molar-refractivity contribution in [2.45, 2.75) is 32.7 Å². The van der Waals surface area contributed by atoms with Gasteiger partial charge < -0.3 is 10.4 Å². The summed E-state index contributed by atoms with van der Waals surface area (Å²) in [6.07, 6.45) is 4.14. The second kappa shape index (κ2) is 8.68. The second-order valence-corrected chi connectivity index (χ2v) is 6.96. The van der Waals surface area contributed by atoms with Gasteiger partial charge >= 0.3 is 5.97 Å². The molecule has 0 unspecified atom stereocenters. The molecule has 0 bridgehead atoms. The summed E-state index contributed by atoms with van der Waals surface area (Å²) in [6.45, 7) is 3.68. The van der Waals surface area contributed by atoms with Crippen molar-refractivity contribution in [1.82, 2.24) is 15.1 Å². The van der Waals surface area contributed by atoms with E-state index >= 15 is 0 Å². The highest BCUT2D eigenvalue weighted by molar-refractivity contribution is 5.87. The molecule has 6 nitrogen and oxygen atoms in total. The van der Waals surface area contributed by atoms with Crippen LogP contribution in [-0.4, -0.2) is 26.8 Å². The molecule has 0 saturated heterocycles. The maximum atomic E-state index is 14.5. The molecule has 1 amide bonds. The molecule has 0 saturated carbocycles. The lowest BCUT2D eigenvalue weighted by molar-refractivity contribution is -0.121. The minimum atomic E-state index is -0.982. The average Bonchev–Trinajstić information content (AvgIpc) is 3.12. The van der Waals surface area contributed by atoms with Crippen molar-refractivity contribution in [1.29, 1.82) is 0 Å². The third kappa shape index (κ3) is 5.07. The van der Waals surface area contributed by atoms with E-state index in [1.54, 1.807) is 43.6 Å². The van der Waals surface area contributed by atoms with Gasteiger partial charge in [0.2, 0.25) is 5.91 Å². The van der Waals surface area contributed by atoms with E-state index in [4.69, 9.17) is 5.11 Å². The molecule has 0 radical (unpaired) electrons. The zero-order valence-electron chi connectivity index (χ0n) is 16.2. The van der Waals surface area contributed by atoms with Crippen molar-refractivity contribution in [2.24, 2.45) is 0 Å². The number of carbonyl (C=O) groups is 2. The van der Waals surface area contributed by atoms with E-state index in [0.717, 1.165) is 11.1 Å². The Labute approximate surface area is 168 Å². The number of carbonyl (C=O) groups excluding carboxylic acids is 1. The van der Waals surface area contributed by atoms with Crippen LogP contribution in [0.5, 0.6) is 0 Å². The lowest BCUT2D eigenvalue weighted by atomic mass is 10.1. The summed E-state index contributed by atoms with van der Waals surface area (Å²) in [5, 5.41) is 15.9. The van der Waals surface area contributed by atoms with Crippen LogP contribution in [0.3, 0.4) is 0 Å². The number of aryl methyl sites for hydroxylation is 2. The number of halogens is 1. The third-order valence-corrected chi connectivity index (χ3v) is 4.65. The lowest BCUT2D eigenvalue weighted by Gasteiger charge is -2.15. The van der Waals surface area contributed by atoms with Crippen LogP contribution in [0.15, 0.2) is 54.9 Å². The Balaban J connectivity index is 1.57. The van der Waals surface area contributed by atoms with Gasteiger partial charge in [0.15, 0.2) is 0 Å². The molecule has 7 heteroatoms. The van der Waals surface area contributed by atoms with E-state index in [1.165, 1.54) is 22.9 Å². The van der Waals surface area contributed by atoms with Crippen LogP contribution >= 0.6 is 0 Å². The standard InChI is InChI=1S/C22H22FN3O3/c1-14-12-24-26(13-14)20-9-8-18(11-19(20)23)15(2)25-21(27)10-5-16-3-6-17(7-4-16)22(28)29/h3-4,6-9,11-13,15H,5,10H2,1-2H3,(H,25,27)(H,28,29)/t15-/m0/s1. The first-order valence-corrected chi connectivity index (χ1v) is 9.26. The fourth-order valence-electron chi connectivity index (χ4n) is 2.99. The maximum absolute atomic E-state index is 14.5. The minimum absolute atomic E-state index is 0.160. The number of carboxylic acids is 1. The molecule has 0 spiro atoms. The number of aromatic carboxylic acids is 1. The Morgan fingerprint density at radius 1 is 1.21 bits per heavy atom. The predicted octanol–water partition coefficient (Wildman–Crippen LogP) is 3.83. The van der Waals surface area contributed by atoms with Crippen LogP contribution < -0.4 is 5.32 Å². The van der Waals surface area contributed by atoms with Crippen LogP contribution in [0, 0.1) is 12.7 Å². The molecule has 2 aromatic carbocycles. The molecule has 0 aliphatic carbocycles. The molecular formula is C22H22FN3O3. The van der Waals surface area contributed by atoms with E-state index in [9.17, 15) is 14.0 Å². The first kappa shape index (κ1) is 20.3. The van der Waals surface area contributed by atoms with Crippen molar-refractivity contribution in [2.75, 3.05) is 0 Å². The Morgan fingerprint density at radius 2 is 1.93 bits per heavy atom. The van der Waals surface area contributed by atoms with Gasteiger partial charge in [0, 0.05) is 12.6 Å². The maximum Gasteiger partial charge on any atom is 0.335 e. The summed E-state index contributed by atoms with van der Waals surface area (Å²) in [4.78, 5) is 23.1. The zero-order chi connectivity index (χ0) is 21.0. The van der Waals surface area contributed by atoms with Crippen molar-refractivity contribution in [3.63, 3.8) is 0 Å². The highest BCUT2D eigenvalue weighted by Gasteiger charge is 2.13. The minimum Gasteiger partial charge on any atom is -0.478 e. The van der Waals surface area contributed by atoms with Gasteiger partial charge in [-0.15, -0.1) is 0 Å². The number of amides is 1. The van der Waals surface area contributed by atoms with Gasteiger partial charge in [-0.25, -0.2) is 13.9 Å². The molecule has 3 aromatic rings. The zero-order valence-corrected chi connectivity index (χ0v) is 16.2. The Morgan fingerprint density at radius 3 is 2.52 bits per heavy atom. The van der Waals surface area contributed by atoms with E-state index < -0.39 is 11.8 Å². The topological polar surface area (TPSA) is 84.2 Å². The number of benzene rings is 2. The van der Waals surface area contributed by atoms with Crippen LogP contribution in [-0.2, 0) is 11.2 Å². The second-order valence-electron chi connectivity index (χ2n) is 6.96. The highest BCUT2D eigenvalue weighted by Crippen LogP contribution is 2.20. The Bertz CT molecular complexity index is 1030. The molecule has 0 aliphatic rings. The Hall–Kier alpha value is -3.48. The van der Waals surface area contributed by atoms with Gasteiger partial charge in [-0.05, 0) is 61.2 Å². The van der Waals surface area contributed by atoms with Gasteiger partial charge in [0.25, 0.3) is 0 Å². The number of carboxylic acid groups (broad SMARTS) is 1. The molecular weight excluding hydrogens is 373 g/mol. The number of hydrogen-bond donors (Lipinski definition) is 2. The molecule has 1 aromatic heterocycles. The molecule has 2 N–H and O–H groups in total. The van der Waals surface area contributed by atoms with E-state index in [1.807, 2.05) is 6.92 Å². The number of aromatic nitrogens is 2. The number of nitrogens with zero attached hydrogens (tertiary/aromatic N) is 2. The first-order valence-electron chi connectivity index (χ1n) is 9.26. The molecule has 0 aliphatic heterocycles. The van der Waals surface area contributed by atoms with Gasteiger partial charge in [-0.3, -0.25) is 4.79 Å². The molecule has 29 heavy (non-hydrogen) atoms. The summed E-state index contributed by atoms with van der Waals surface area (Å²) in [7, 11) is 0. The average molecular weight is 395 g/mol. The molecule has 3 rings (SSSR count). The third-order valence-electron chi connectivity index (χ3n) is 4.65. The van der Waals surface area contributed by atoms with E-state index in [-0.39, 0.29) is 23.9 Å². The summed E-state index contributed by atoms with van der Waals surface area (Å²) in [5.74, 6) is -1.55. The number of nitrogens with one attached hydrogen (secondary N) is 1. The molecule has 1 heterocycles. The summed E-state index contributed by atoms with van der Waals surface area (Å²) >= 11 is 0. The largest absolute Gasteiger partial charge is 0.478 e. The van der Waals surface area contributed by atoms with Gasteiger partial charge in [0.05, 0.1) is 17.8 Å². The van der Waals surface area contributed by atoms with Crippen molar-refractivity contribution in [3.05, 3.63) is 82.9 Å². The fourth-order valence-corrected chi connectivity index (χ4v) is 2.99. The van der Waals surface area contributed by atoms with Crippen LogP contribution in [0.2, 0.25) is 0 Å². The molecule has 0 fully saturated rings. The summed E-state index contributed by atoms with van der Waals surface area (Å²) < 4.78 is 16.0. The van der Waals surface area contributed by atoms with Gasteiger partial charge in [0.1, 0.15) is 11.5 Å². The number of hydrogen-bond acceptors (Lipinski definition) is 3. The quantitative estimate of drug-likeness (QED) is 0.637. The van der Waals surface area contributed by atoms with E-state index in [0.29, 0.717) is 17.7 Å². The van der Waals surface area contributed by atoms with Crippen LogP contribution in [0.25, 0.3) is 5.69 Å². The summed E-state index contributed by atoms with van der Waals surface area (Å²) in [5.41, 5.74) is 3.04. The molecule has 150 valence electrons. The Kier molecular flexibility index (Phi) is 6.07. The normalized spacial score (nSPS) is 11.8. The van der Waals surface area contributed by atoms with Gasteiger partial charge in [-0.2, -0.15) is 5.10 Å². The smallest absolute Gasteiger partial charge is 0.335 e. The van der Waals surface area contributed by atoms with Crippen molar-refractivity contribution >= 4 is 11.9 Å². The van der Waals surface area contributed by atoms with Crippen molar-refractivity contribution < 1.29 is 19.1 Å². The molecule has 1 atom stereocenters. The SMILES string of the molecule is Cc1cnn(-c2ccc([C@H](C)NC(=O)CCc3ccc(C(=O)O)cc3)cc2F)c1. The van der Waals surface area contributed by atoms with Crippen molar-refractivity contribution in [3.8, 4) is 5.69 Å². The summed E-state index contributed by atoms with van der Waals surface area (Å²) in [6, 6.07) is 10.9. The first-order chi connectivity index (χ1) is 13.8. The van der Waals surface area contributed by atoms with E-state index in [2.05, 4.69) is 10.4 Å². The van der Waals surface area contributed by atoms with Crippen LogP contribution in [0.4, 0.5) is 4.39 Å². The monoisotopic (exact) mass is 395 g/mol. The fraction of sp³-hybridized carbons (Fsp3) is 0.227. The number of rotatable bonds is 7. The lowest BCUT2D eigenvalue weighted by Crippen LogP contribution is -2.27. The highest BCUT2D eigenvalue weighted by atomic mass is 19.1. The predicted molar refractivity (Wildman–Crippen MR) is 107 cm³/mol.